The van der Waals surface area contributed by atoms with Gasteiger partial charge in [0.05, 0.1) is 27.7 Å². The number of hydrogen-bond acceptors (Lipinski definition) is 8. The number of quaternary nitrogens is 1. The SMILES string of the molecule is CC/C=C\C/C=C\C/C=C\C/C=C\C/C=C\C/C=C\C/C=C\CCCCCCCCCCCCCCCCCC(=O)OC(COC(=O)CCCCCCCCCCCCCCCCCCCC/C=C\C/C=C\C/C=C\C/C=C\CC)COP(=O)([O-])OCC[N+](C)(C)C. The summed E-state index contributed by atoms with van der Waals surface area (Å²) < 4.78 is 34.4. The van der Waals surface area contributed by atoms with Gasteiger partial charge in [0.2, 0.25) is 0 Å². The highest BCUT2D eigenvalue weighted by Crippen LogP contribution is 2.38. The van der Waals surface area contributed by atoms with Crippen LogP contribution >= 0.6 is 7.82 Å². The van der Waals surface area contributed by atoms with Crippen molar-refractivity contribution in [3.63, 3.8) is 0 Å². The van der Waals surface area contributed by atoms with Gasteiger partial charge in [-0.05, 0) is 109 Å². The van der Waals surface area contributed by atoms with Crippen LogP contribution in [0.2, 0.25) is 0 Å². The first kappa shape index (κ1) is 88.2. The molecule has 0 radical (unpaired) electrons. The van der Waals surface area contributed by atoms with E-state index in [1.165, 1.54) is 180 Å². The van der Waals surface area contributed by atoms with E-state index in [2.05, 4.69) is 148 Å². The zero-order chi connectivity index (χ0) is 66.9. The molecule has 0 aromatic rings. The quantitative estimate of drug-likeness (QED) is 0.0195. The lowest BCUT2D eigenvalue weighted by Gasteiger charge is -2.28. The standard InChI is InChI=1S/C82H142NO8P/c1-6-8-10-12-14-16-18-20-22-24-26-28-30-32-34-36-38-39-40-41-42-43-45-47-49-51-53-55-57-59-61-63-65-67-69-71-73-75-82(85)91-80(79-90-92(86,87)89-77-76-83(3,4)5)78-88-81(84)74-72-70-68-66-64-62-60-58-56-54-52-50-48-46-44-37-35-33-31-29-27-25-23-21-19-17-15-13-11-9-7-2/h8-11,14-17,20-23,26-29,32,34,38-39,41-42,80H,6-7,12-13,18-19,24-25,30-31,33,35-37,40,43-79H2,1-5H3/b10-8-,11-9-,16-14-,17-15-,22-20-,23-21-,28-26-,29-27-,34-32-,39-38-,42-41-. The number of phosphoric acid groups is 1. The van der Waals surface area contributed by atoms with Gasteiger partial charge >= 0.3 is 11.9 Å². The largest absolute Gasteiger partial charge is 0.756 e. The second kappa shape index (κ2) is 71.4. The molecular weight excluding hydrogens is 1160 g/mol. The normalized spacial score (nSPS) is 13.8. The molecule has 0 heterocycles. The van der Waals surface area contributed by atoms with Crippen LogP contribution in [0.1, 0.15) is 322 Å². The molecule has 0 saturated heterocycles. The number of hydrogen-bond donors (Lipinski definition) is 0. The van der Waals surface area contributed by atoms with Crippen molar-refractivity contribution in [2.45, 2.75) is 328 Å². The molecule has 0 fully saturated rings. The molecule has 0 N–H and O–H groups in total. The molecule has 0 rings (SSSR count). The van der Waals surface area contributed by atoms with E-state index in [-0.39, 0.29) is 32.0 Å². The molecule has 0 aliphatic rings. The molecule has 0 aliphatic carbocycles. The lowest BCUT2D eigenvalue weighted by Crippen LogP contribution is -2.37. The van der Waals surface area contributed by atoms with E-state index in [9.17, 15) is 19.0 Å². The van der Waals surface area contributed by atoms with Crippen LogP contribution in [0.15, 0.2) is 134 Å². The number of ether oxygens (including phenoxy) is 2. The minimum atomic E-state index is -4.65. The van der Waals surface area contributed by atoms with E-state index in [1.807, 2.05) is 21.1 Å². The number of esters is 2. The molecule has 0 bridgehead atoms. The third kappa shape index (κ3) is 75.2. The van der Waals surface area contributed by atoms with Gasteiger partial charge < -0.3 is 27.9 Å². The van der Waals surface area contributed by atoms with Crippen LogP contribution in [0.25, 0.3) is 0 Å². The van der Waals surface area contributed by atoms with Crippen LogP contribution in [-0.4, -0.2) is 70.0 Å². The number of unbranched alkanes of at least 4 members (excludes halogenated alkanes) is 33. The fraction of sp³-hybridized carbons (Fsp3) is 0.707. The maximum absolute atomic E-state index is 12.9. The first-order valence-corrected chi connectivity index (χ1v) is 39.4. The number of likely N-dealkylation sites (N-methyl/N-ethyl adjacent to an activating group) is 1. The smallest absolute Gasteiger partial charge is 0.306 e. The summed E-state index contributed by atoms with van der Waals surface area (Å²) in [5, 5.41) is 0. The average Bonchev–Trinajstić information content (AvgIpc) is 2.34. The summed E-state index contributed by atoms with van der Waals surface area (Å²) in [7, 11) is 1.17. The Kier molecular flexibility index (Phi) is 68.5. The number of rotatable bonds is 69. The number of carbonyl (C=O) groups excluding carboxylic acids is 2. The molecule has 0 aromatic carbocycles. The zero-order valence-corrected chi connectivity index (χ0v) is 61.1. The highest BCUT2D eigenvalue weighted by Gasteiger charge is 2.22. The first-order chi connectivity index (χ1) is 45.0. The van der Waals surface area contributed by atoms with Gasteiger partial charge in [-0.3, -0.25) is 14.2 Å². The van der Waals surface area contributed by atoms with Gasteiger partial charge in [0, 0.05) is 12.8 Å². The van der Waals surface area contributed by atoms with E-state index in [4.69, 9.17) is 18.5 Å². The Morgan fingerprint density at radius 1 is 0.337 bits per heavy atom. The fourth-order valence-corrected chi connectivity index (χ4v) is 11.2. The van der Waals surface area contributed by atoms with Gasteiger partial charge in [0.25, 0.3) is 7.82 Å². The minimum Gasteiger partial charge on any atom is -0.756 e. The van der Waals surface area contributed by atoms with Crippen molar-refractivity contribution < 1.29 is 42.1 Å². The molecular formula is C82H142NO8P. The molecule has 0 aromatic heterocycles. The molecule has 10 heteroatoms. The highest BCUT2D eigenvalue weighted by atomic mass is 31.2. The zero-order valence-electron chi connectivity index (χ0n) is 60.2. The Morgan fingerprint density at radius 3 is 0.870 bits per heavy atom. The van der Waals surface area contributed by atoms with Crippen molar-refractivity contribution in [3.05, 3.63) is 134 Å². The Morgan fingerprint density at radius 2 is 0.587 bits per heavy atom. The molecule has 528 valence electrons. The number of phosphoric ester groups is 1. The van der Waals surface area contributed by atoms with E-state index >= 15 is 0 Å². The van der Waals surface area contributed by atoms with Crippen LogP contribution in [0.4, 0.5) is 0 Å². The second-order valence-corrected chi connectivity index (χ2v) is 27.7. The van der Waals surface area contributed by atoms with Crippen LogP contribution < -0.4 is 4.89 Å². The lowest BCUT2D eigenvalue weighted by molar-refractivity contribution is -0.870. The molecule has 0 amide bonds. The van der Waals surface area contributed by atoms with Gasteiger partial charge in [-0.2, -0.15) is 0 Å². The summed E-state index contributed by atoms with van der Waals surface area (Å²) >= 11 is 0. The van der Waals surface area contributed by atoms with Crippen LogP contribution in [0, 0.1) is 0 Å². The monoisotopic (exact) mass is 1300 g/mol. The number of carbonyl (C=O) groups is 2. The topological polar surface area (TPSA) is 111 Å². The maximum atomic E-state index is 12.9. The van der Waals surface area contributed by atoms with Crippen molar-refractivity contribution in [1.29, 1.82) is 0 Å². The Labute approximate surface area is 568 Å². The summed E-state index contributed by atoms with van der Waals surface area (Å²) in [5.41, 5.74) is 0. The molecule has 0 saturated carbocycles. The van der Waals surface area contributed by atoms with Crippen LogP contribution in [0.3, 0.4) is 0 Å². The Balaban J connectivity index is 4.00. The van der Waals surface area contributed by atoms with Crippen molar-refractivity contribution in [3.8, 4) is 0 Å². The summed E-state index contributed by atoms with van der Waals surface area (Å²) in [6, 6.07) is 0. The van der Waals surface area contributed by atoms with E-state index in [0.717, 1.165) is 109 Å². The third-order valence-corrected chi connectivity index (χ3v) is 17.1. The summed E-state index contributed by atoms with van der Waals surface area (Å²) in [6.45, 7) is 4.04. The number of nitrogens with zero attached hydrogens (tertiary/aromatic N) is 1. The maximum Gasteiger partial charge on any atom is 0.306 e. The van der Waals surface area contributed by atoms with Gasteiger partial charge in [0.15, 0.2) is 6.10 Å². The number of allylic oxidation sites excluding steroid dienone is 22. The summed E-state index contributed by atoms with van der Waals surface area (Å²) in [5.74, 6) is -0.826. The predicted molar refractivity (Wildman–Crippen MR) is 397 cm³/mol. The highest BCUT2D eigenvalue weighted by molar-refractivity contribution is 7.45. The van der Waals surface area contributed by atoms with Gasteiger partial charge in [-0.1, -0.05) is 334 Å². The van der Waals surface area contributed by atoms with Crippen molar-refractivity contribution in [1.82, 2.24) is 0 Å². The predicted octanol–water partition coefficient (Wildman–Crippen LogP) is 24.5. The van der Waals surface area contributed by atoms with Gasteiger partial charge in [0.1, 0.15) is 19.8 Å². The van der Waals surface area contributed by atoms with E-state index in [1.54, 1.807) is 0 Å². The summed E-state index contributed by atoms with van der Waals surface area (Å²) in [6.07, 6.45) is 104. The Bertz CT molecular complexity index is 2020. The molecule has 9 nitrogen and oxygen atoms in total. The van der Waals surface area contributed by atoms with Crippen LogP contribution in [0.5, 0.6) is 0 Å². The lowest BCUT2D eigenvalue weighted by atomic mass is 10.0. The minimum absolute atomic E-state index is 0.0340. The van der Waals surface area contributed by atoms with Gasteiger partial charge in [-0.15, -0.1) is 0 Å². The van der Waals surface area contributed by atoms with Crippen molar-refractivity contribution in [2.75, 3.05) is 47.5 Å². The first-order valence-electron chi connectivity index (χ1n) is 37.9. The molecule has 0 aliphatic heterocycles. The molecule has 2 unspecified atom stereocenters. The van der Waals surface area contributed by atoms with Gasteiger partial charge in [-0.25, -0.2) is 0 Å². The van der Waals surface area contributed by atoms with Crippen molar-refractivity contribution in [2.24, 2.45) is 0 Å². The van der Waals surface area contributed by atoms with E-state index < -0.39 is 26.5 Å². The second-order valence-electron chi connectivity index (χ2n) is 26.3. The van der Waals surface area contributed by atoms with Crippen LogP contribution in [-0.2, 0) is 32.7 Å². The molecule has 2 atom stereocenters. The molecule has 92 heavy (non-hydrogen) atoms. The average molecular weight is 1300 g/mol. The Hall–Kier alpha value is -3.85. The summed E-state index contributed by atoms with van der Waals surface area (Å²) in [4.78, 5) is 38.2. The third-order valence-electron chi connectivity index (χ3n) is 16.2. The van der Waals surface area contributed by atoms with Crippen molar-refractivity contribution >= 4 is 19.8 Å². The fourth-order valence-electron chi connectivity index (χ4n) is 10.5. The molecule has 0 spiro atoms. The van der Waals surface area contributed by atoms with E-state index in [0.29, 0.717) is 17.4 Å².